The van der Waals surface area contributed by atoms with E-state index in [4.69, 9.17) is 67.1 Å². The lowest BCUT2D eigenvalue weighted by Crippen LogP contribution is -2.66. The first-order valence-electron chi connectivity index (χ1n) is 21.7. The molecule has 0 amide bonds. The van der Waals surface area contributed by atoms with Crippen LogP contribution >= 0.6 is 0 Å². The zero-order chi connectivity index (χ0) is 54.1. The van der Waals surface area contributed by atoms with Gasteiger partial charge in [0.15, 0.2) is 8.32 Å². The molecule has 0 saturated heterocycles. The van der Waals surface area contributed by atoms with Crippen LogP contribution in [0.1, 0.15) is 13.8 Å². The van der Waals surface area contributed by atoms with E-state index in [1.165, 1.54) is 79.7 Å². The summed E-state index contributed by atoms with van der Waals surface area (Å²) in [4.78, 5) is 97.4. The Labute approximate surface area is 424 Å². The number of hydrogen-bond acceptors (Lipinski definition) is 25. The van der Waals surface area contributed by atoms with Crippen LogP contribution in [0.15, 0.2) is 0 Å². The van der Waals surface area contributed by atoms with Crippen molar-refractivity contribution in [2.45, 2.75) is 149 Å². The van der Waals surface area contributed by atoms with Gasteiger partial charge in [-0.05, 0) is 85.9 Å². The van der Waals surface area contributed by atoms with Gasteiger partial charge < -0.3 is 110 Å². The summed E-state index contributed by atoms with van der Waals surface area (Å²) in [5.74, 6) is 0. The maximum absolute atomic E-state index is 11.9. The second-order valence-corrected chi connectivity index (χ2v) is 65.7. The summed E-state index contributed by atoms with van der Waals surface area (Å²) in [6.45, 7) is 31.6. The highest BCUT2D eigenvalue weighted by Crippen LogP contribution is 2.33. The summed E-state index contributed by atoms with van der Waals surface area (Å²) < 4.78 is 96.8. The smallest absolute Gasteiger partial charge is 0.416 e. The fraction of sp³-hybridized carbons (Fsp3) is 1.00. The Morgan fingerprint density at radius 3 is 1.29 bits per heavy atom. The molecular weight excluding hydrogens is 1170 g/mol. The fourth-order valence-electron chi connectivity index (χ4n) is 7.69. The predicted molar refractivity (Wildman–Crippen MR) is 282 cm³/mol. The quantitative estimate of drug-likeness (QED) is 0.0397. The van der Waals surface area contributed by atoms with Gasteiger partial charge in [0.25, 0.3) is 0 Å². The maximum atomic E-state index is 11.9. The van der Waals surface area contributed by atoms with Gasteiger partial charge in [-0.15, -0.1) is 0 Å². The molecule has 0 saturated carbocycles. The molecule has 25 nitrogen and oxygen atoms in total. The summed E-state index contributed by atoms with van der Waals surface area (Å²) in [6.07, 6.45) is 0. The first-order valence-corrected chi connectivity index (χ1v) is 59.4. The lowest BCUT2D eigenvalue weighted by Gasteiger charge is -2.42. The van der Waals surface area contributed by atoms with Crippen molar-refractivity contribution in [2.75, 3.05) is 27.4 Å². The van der Waals surface area contributed by atoms with E-state index < -0.39 is 140 Å². The standard InChI is InChI=1S/C27H85O25Si16/c1-23-39-61(15,48-67(21,40-24-2)49-62(16,33)34)25-53(5)41-68(22,43-55(7)29)51-64(18,36)50-66(20,38-4)52-65(19,37-3)44-56(8,9)26-59(13,31)47-63(17,35)46-57(10,11)45-60(14,32)27-58(12,30)42-54(6)28/h28-36H,23-27H2,1-22H3. The van der Waals surface area contributed by atoms with E-state index in [2.05, 4.69) is 0 Å². The van der Waals surface area contributed by atoms with Crippen molar-refractivity contribution in [3.05, 3.63) is 0 Å². The Kier molecular flexibility index (Phi) is 27.7. The largest absolute Gasteiger partial charge is 0.484 e. The zero-order valence-corrected chi connectivity index (χ0v) is 60.1. The summed E-state index contributed by atoms with van der Waals surface area (Å²) in [5.41, 5.74) is 0.0509. The normalized spacial score (nSPS) is 22.5. The first kappa shape index (κ1) is 70.5. The average Bonchev–Trinajstić information content (AvgIpc) is 2.97. The monoisotopic (exact) mass is 1260 g/mol. The van der Waals surface area contributed by atoms with E-state index in [1.54, 1.807) is 66.2 Å². The van der Waals surface area contributed by atoms with Crippen molar-refractivity contribution in [2.24, 2.45) is 0 Å². The Bertz CT molecular complexity index is 1520. The van der Waals surface area contributed by atoms with E-state index >= 15 is 0 Å². The lowest BCUT2D eigenvalue weighted by molar-refractivity contribution is 0.101. The van der Waals surface area contributed by atoms with Gasteiger partial charge in [-0.2, -0.15) is 0 Å². The van der Waals surface area contributed by atoms with Crippen LogP contribution < -0.4 is 0 Å². The van der Waals surface area contributed by atoms with Crippen molar-refractivity contribution in [3.63, 3.8) is 0 Å². The predicted octanol–water partition coefficient (Wildman–Crippen LogP) is 1.13. The Balaban J connectivity index is 6.27. The molecule has 10 atom stereocenters. The molecular formula is C27H85O25Si16. The number of hydrogen-bond donors (Lipinski definition) is 9. The van der Waals surface area contributed by atoms with Crippen molar-refractivity contribution in [1.29, 1.82) is 0 Å². The summed E-state index contributed by atoms with van der Waals surface area (Å²) in [6, 6.07) is 0. The molecule has 10 unspecified atom stereocenters. The molecule has 0 aromatic rings. The third-order valence-electron chi connectivity index (χ3n) is 8.31. The SMILES string of the molecule is CCO[Si](C)(C[Si](C)O[Si](C)(O[Si](C)O)O[Si](C)(O)O[Si](C)(OC)O[Si](C)(OC)O[Si](C)(C)C[Si](C)(O)O[Si](C)(O)O[Si](C)(C)O[Si](C)(O)C[Si](C)(O)O[Si](C)O)O[Si](C)(OCC)O[Si](C)(O)O. The third-order valence-corrected chi connectivity index (χ3v) is 65.2. The molecule has 407 valence electrons. The van der Waals surface area contributed by atoms with Crippen LogP contribution in [0.5, 0.6) is 0 Å². The Morgan fingerprint density at radius 1 is 0.412 bits per heavy atom. The van der Waals surface area contributed by atoms with Crippen LogP contribution in [-0.2, 0) is 67.1 Å². The van der Waals surface area contributed by atoms with Gasteiger partial charge in [0.2, 0.25) is 9.04 Å². The highest BCUT2D eigenvalue weighted by molar-refractivity contribution is 6.95. The van der Waals surface area contributed by atoms with Gasteiger partial charge >= 0.3 is 123 Å². The van der Waals surface area contributed by atoms with E-state index in [9.17, 15) is 43.2 Å². The highest BCUT2D eigenvalue weighted by atomic mass is 28.5. The van der Waals surface area contributed by atoms with Gasteiger partial charge in [-0.1, -0.05) is 0 Å². The molecule has 3 radical (unpaired) electrons. The minimum Gasteiger partial charge on any atom is -0.416 e. The van der Waals surface area contributed by atoms with Crippen molar-refractivity contribution < 1.29 is 110 Å². The van der Waals surface area contributed by atoms with Crippen LogP contribution in [0, 0.1) is 0 Å². The molecule has 0 bridgehead atoms. The van der Waals surface area contributed by atoms with Crippen LogP contribution in [0.4, 0.5) is 0 Å². The van der Waals surface area contributed by atoms with E-state index in [-0.39, 0.29) is 30.2 Å². The Morgan fingerprint density at radius 2 is 0.853 bits per heavy atom. The molecule has 0 aromatic heterocycles. The number of rotatable bonds is 36. The molecule has 9 N–H and O–H groups in total. The lowest BCUT2D eigenvalue weighted by atomic mass is 10.9. The zero-order valence-electron chi connectivity index (χ0n) is 44.1. The van der Waals surface area contributed by atoms with Crippen molar-refractivity contribution >= 4 is 140 Å². The summed E-state index contributed by atoms with van der Waals surface area (Å²) >= 11 is 0. The molecule has 41 heteroatoms. The molecule has 0 rings (SSSR count). The second kappa shape index (κ2) is 26.7. The molecule has 0 fully saturated rings. The van der Waals surface area contributed by atoms with Crippen LogP contribution in [0.3, 0.4) is 0 Å². The molecule has 0 aliphatic heterocycles. The molecule has 0 aromatic carbocycles. The Hall–Kier alpha value is 2.47. The second-order valence-electron chi connectivity index (χ2n) is 18.8. The van der Waals surface area contributed by atoms with E-state index in [0.29, 0.717) is 0 Å². The van der Waals surface area contributed by atoms with Crippen LogP contribution in [0.25, 0.3) is 0 Å². The highest BCUT2D eigenvalue weighted by Gasteiger charge is 2.59. The van der Waals surface area contributed by atoms with E-state index in [0.717, 1.165) is 0 Å². The fourth-order valence-corrected chi connectivity index (χ4v) is 73.1. The minimum atomic E-state index is -4.37. The first-order chi connectivity index (χ1) is 30.0. The maximum Gasteiger partial charge on any atom is 0.484 e. The van der Waals surface area contributed by atoms with Gasteiger partial charge in [-0.3, -0.25) is 0 Å². The van der Waals surface area contributed by atoms with E-state index in [1.807, 2.05) is 0 Å². The van der Waals surface area contributed by atoms with Gasteiger partial charge in [0.1, 0.15) is 0 Å². The average molecular weight is 1260 g/mol. The van der Waals surface area contributed by atoms with Crippen molar-refractivity contribution in [3.8, 4) is 0 Å². The van der Waals surface area contributed by atoms with Gasteiger partial charge in [-0.25, -0.2) is 0 Å². The summed E-state index contributed by atoms with van der Waals surface area (Å²) in [5, 5.41) is 0. The molecule has 0 spiro atoms. The van der Waals surface area contributed by atoms with Crippen LogP contribution in [0.2, 0.25) is 135 Å². The molecule has 68 heavy (non-hydrogen) atoms. The molecule has 0 aliphatic rings. The minimum absolute atomic E-state index is 0.00498. The molecule has 0 aliphatic carbocycles. The third kappa shape index (κ3) is 29.7. The van der Waals surface area contributed by atoms with Gasteiger partial charge in [0, 0.05) is 90.3 Å². The van der Waals surface area contributed by atoms with Crippen molar-refractivity contribution in [1.82, 2.24) is 0 Å². The topological polar surface area (TPSA) is 330 Å². The van der Waals surface area contributed by atoms with Crippen LogP contribution in [-0.4, -0.2) is 211 Å². The van der Waals surface area contributed by atoms with Gasteiger partial charge in [0.05, 0.1) is 0 Å². The molecule has 0 heterocycles. The summed E-state index contributed by atoms with van der Waals surface area (Å²) in [7, 11) is -52.6.